The number of nitrogens with one attached hydrogen (secondary N) is 1. The van der Waals surface area contributed by atoms with Crippen molar-refractivity contribution in [2.24, 2.45) is 5.92 Å². The summed E-state index contributed by atoms with van der Waals surface area (Å²) in [5.74, 6) is -0.504. The topological polar surface area (TPSA) is 64.6 Å². The van der Waals surface area contributed by atoms with Crippen LogP contribution in [-0.2, 0) is 14.3 Å². The van der Waals surface area contributed by atoms with E-state index in [0.717, 1.165) is 0 Å². The van der Waals surface area contributed by atoms with Gasteiger partial charge in [-0.25, -0.2) is 4.79 Å². The number of carbonyl (C=O) groups excluding carboxylic acids is 2. The van der Waals surface area contributed by atoms with E-state index in [2.05, 4.69) is 5.32 Å². The first-order chi connectivity index (χ1) is 9.53. The minimum absolute atomic E-state index is 0.0557. The van der Waals surface area contributed by atoms with Gasteiger partial charge in [-0.15, -0.1) is 0 Å². The van der Waals surface area contributed by atoms with Crippen LogP contribution in [0.5, 0.6) is 0 Å². The zero-order chi connectivity index (χ0) is 14.6. The molecule has 1 saturated heterocycles. The number of amides is 1. The molecular formula is C15H19NO4. The van der Waals surface area contributed by atoms with Crippen LogP contribution in [-0.4, -0.2) is 30.8 Å². The largest absolute Gasteiger partial charge is 0.437 e. The van der Waals surface area contributed by atoms with Gasteiger partial charge in [0.25, 0.3) is 5.91 Å². The van der Waals surface area contributed by atoms with Crippen LogP contribution in [0.3, 0.4) is 0 Å². The van der Waals surface area contributed by atoms with E-state index in [0.29, 0.717) is 12.0 Å². The number of benzene rings is 1. The quantitative estimate of drug-likeness (QED) is 0.851. The molecule has 1 heterocycles. The average molecular weight is 277 g/mol. The first-order valence-electron chi connectivity index (χ1n) is 6.66. The Kier molecular flexibility index (Phi) is 4.39. The van der Waals surface area contributed by atoms with E-state index < -0.39 is 11.5 Å². The van der Waals surface area contributed by atoms with Crippen molar-refractivity contribution >= 4 is 11.9 Å². The van der Waals surface area contributed by atoms with Crippen molar-refractivity contribution in [3.05, 3.63) is 35.9 Å². The monoisotopic (exact) mass is 277 g/mol. The van der Waals surface area contributed by atoms with Crippen molar-refractivity contribution in [3.63, 3.8) is 0 Å². The smallest absolute Gasteiger partial charge is 0.336 e. The molecule has 0 aliphatic carbocycles. The van der Waals surface area contributed by atoms with Crippen LogP contribution < -0.4 is 5.32 Å². The number of hydrogen-bond donors (Lipinski definition) is 1. The highest BCUT2D eigenvalue weighted by molar-refractivity contribution is 5.98. The first-order valence-corrected chi connectivity index (χ1v) is 6.66. The lowest BCUT2D eigenvalue weighted by molar-refractivity contribution is -0.186. The van der Waals surface area contributed by atoms with Crippen molar-refractivity contribution in [3.8, 4) is 0 Å². The standard InChI is InChI=1S/C15H19NO4/c1-11(2)8-15(9-19-10-20-14(15)18)16-13(17)12-6-4-3-5-7-12/h3-7,11H,8-10H2,1-2H3,(H,16,17). The molecule has 1 aliphatic heterocycles. The molecule has 1 aromatic carbocycles. The van der Waals surface area contributed by atoms with E-state index in [1.807, 2.05) is 19.9 Å². The molecular weight excluding hydrogens is 258 g/mol. The molecule has 0 saturated carbocycles. The van der Waals surface area contributed by atoms with E-state index in [1.165, 1.54) is 0 Å². The highest BCUT2D eigenvalue weighted by Crippen LogP contribution is 2.23. The fraction of sp³-hybridized carbons (Fsp3) is 0.467. The van der Waals surface area contributed by atoms with E-state index in [4.69, 9.17) is 9.47 Å². The Hall–Kier alpha value is -1.88. The average Bonchev–Trinajstić information content (AvgIpc) is 2.42. The second-order valence-corrected chi connectivity index (χ2v) is 5.40. The van der Waals surface area contributed by atoms with Gasteiger partial charge in [0, 0.05) is 5.56 Å². The van der Waals surface area contributed by atoms with E-state index in [1.54, 1.807) is 24.3 Å². The highest BCUT2D eigenvalue weighted by Gasteiger charge is 2.45. The lowest BCUT2D eigenvalue weighted by Gasteiger charge is -2.36. The van der Waals surface area contributed by atoms with Gasteiger partial charge >= 0.3 is 5.97 Å². The summed E-state index contributed by atoms with van der Waals surface area (Å²) in [5.41, 5.74) is -0.590. The molecule has 0 bridgehead atoms. The van der Waals surface area contributed by atoms with Crippen molar-refractivity contribution < 1.29 is 19.1 Å². The van der Waals surface area contributed by atoms with Gasteiger partial charge in [0.15, 0.2) is 12.3 Å². The molecule has 0 radical (unpaired) electrons. The van der Waals surface area contributed by atoms with Gasteiger partial charge in [-0.3, -0.25) is 4.79 Å². The number of rotatable bonds is 4. The summed E-state index contributed by atoms with van der Waals surface area (Å²) >= 11 is 0. The molecule has 1 fully saturated rings. The summed E-state index contributed by atoms with van der Waals surface area (Å²) in [6.45, 7) is 4.05. The van der Waals surface area contributed by atoms with E-state index in [9.17, 15) is 9.59 Å². The van der Waals surface area contributed by atoms with Crippen molar-refractivity contribution in [2.75, 3.05) is 13.4 Å². The Morgan fingerprint density at radius 2 is 2.05 bits per heavy atom. The van der Waals surface area contributed by atoms with Crippen LogP contribution in [0.1, 0.15) is 30.6 Å². The zero-order valence-corrected chi connectivity index (χ0v) is 11.7. The third-order valence-corrected chi connectivity index (χ3v) is 3.16. The van der Waals surface area contributed by atoms with E-state index >= 15 is 0 Å². The van der Waals surface area contributed by atoms with Gasteiger partial charge in [-0.05, 0) is 24.5 Å². The van der Waals surface area contributed by atoms with Gasteiger partial charge in [0.2, 0.25) is 0 Å². The van der Waals surface area contributed by atoms with Gasteiger partial charge < -0.3 is 14.8 Å². The number of ether oxygens (including phenoxy) is 2. The zero-order valence-electron chi connectivity index (χ0n) is 11.7. The molecule has 108 valence electrons. The molecule has 1 atom stereocenters. The maximum Gasteiger partial charge on any atom is 0.336 e. The van der Waals surface area contributed by atoms with Crippen LogP contribution in [0, 0.1) is 5.92 Å². The highest BCUT2D eigenvalue weighted by atomic mass is 16.7. The molecule has 1 amide bonds. The molecule has 0 aromatic heterocycles. The summed E-state index contributed by atoms with van der Waals surface area (Å²) in [5, 5.41) is 2.79. The predicted octanol–water partition coefficient (Wildman–Crippen LogP) is 1.73. The van der Waals surface area contributed by atoms with Gasteiger partial charge in [0.05, 0.1) is 6.61 Å². The van der Waals surface area contributed by atoms with Crippen LogP contribution in [0.4, 0.5) is 0 Å². The summed E-state index contributed by atoms with van der Waals surface area (Å²) in [7, 11) is 0. The van der Waals surface area contributed by atoms with Crippen LogP contribution in [0.25, 0.3) is 0 Å². The summed E-state index contributed by atoms with van der Waals surface area (Å²) < 4.78 is 10.2. The van der Waals surface area contributed by atoms with Crippen LogP contribution in [0.2, 0.25) is 0 Å². The molecule has 0 spiro atoms. The van der Waals surface area contributed by atoms with Gasteiger partial charge in [0.1, 0.15) is 0 Å². The normalized spacial score (nSPS) is 22.4. The van der Waals surface area contributed by atoms with Gasteiger partial charge in [-0.1, -0.05) is 32.0 Å². The van der Waals surface area contributed by atoms with Crippen molar-refractivity contribution in [1.82, 2.24) is 5.32 Å². The molecule has 5 heteroatoms. The molecule has 1 unspecified atom stereocenters. The third kappa shape index (κ3) is 3.17. The molecule has 20 heavy (non-hydrogen) atoms. The minimum atomic E-state index is -1.10. The second kappa shape index (κ2) is 6.05. The third-order valence-electron chi connectivity index (χ3n) is 3.16. The molecule has 2 rings (SSSR count). The van der Waals surface area contributed by atoms with Crippen molar-refractivity contribution in [2.45, 2.75) is 25.8 Å². The minimum Gasteiger partial charge on any atom is -0.437 e. The Morgan fingerprint density at radius 3 is 2.65 bits per heavy atom. The Labute approximate surface area is 118 Å². The SMILES string of the molecule is CC(C)CC1(NC(=O)c2ccccc2)COCOC1=O. The Balaban J connectivity index is 2.20. The molecule has 5 nitrogen and oxygen atoms in total. The number of esters is 1. The maximum absolute atomic E-state index is 12.3. The first kappa shape index (κ1) is 14.5. The molecule has 1 N–H and O–H groups in total. The Morgan fingerprint density at radius 1 is 1.35 bits per heavy atom. The maximum atomic E-state index is 12.3. The molecule has 1 aromatic rings. The summed E-state index contributed by atoms with van der Waals surface area (Å²) in [6.07, 6.45) is 0.477. The van der Waals surface area contributed by atoms with Crippen molar-refractivity contribution in [1.29, 1.82) is 0 Å². The second-order valence-electron chi connectivity index (χ2n) is 5.40. The number of carbonyl (C=O) groups is 2. The fourth-order valence-corrected chi connectivity index (χ4v) is 2.36. The van der Waals surface area contributed by atoms with Gasteiger partial charge in [-0.2, -0.15) is 0 Å². The summed E-state index contributed by atoms with van der Waals surface area (Å²) in [4.78, 5) is 24.4. The Bertz CT molecular complexity index is 486. The molecule has 1 aliphatic rings. The number of hydrogen-bond acceptors (Lipinski definition) is 4. The van der Waals surface area contributed by atoms with Crippen LogP contribution in [0.15, 0.2) is 30.3 Å². The summed E-state index contributed by atoms with van der Waals surface area (Å²) in [6, 6.07) is 8.79. The predicted molar refractivity (Wildman–Crippen MR) is 73.0 cm³/mol. The fourth-order valence-electron chi connectivity index (χ4n) is 2.36. The lowest BCUT2D eigenvalue weighted by Crippen LogP contribution is -2.61. The lowest BCUT2D eigenvalue weighted by atomic mass is 9.88. The number of cyclic esters (lactones) is 1. The van der Waals surface area contributed by atoms with Crippen LogP contribution >= 0.6 is 0 Å². The van der Waals surface area contributed by atoms with E-state index in [-0.39, 0.29) is 25.2 Å².